The minimum absolute atomic E-state index is 0.243. The largest absolute Gasteiger partial charge is 0.493 e. The maximum Gasteiger partial charge on any atom is 0.338 e. The van der Waals surface area contributed by atoms with Crippen molar-refractivity contribution in [3.63, 3.8) is 0 Å². The fourth-order valence-electron chi connectivity index (χ4n) is 4.44. The summed E-state index contributed by atoms with van der Waals surface area (Å²) in [7, 11) is 0. The zero-order valence-corrected chi connectivity index (χ0v) is 23.2. The molecule has 2 heterocycles. The Balaban J connectivity index is 1.38. The Kier molecular flexibility index (Phi) is 8.32. The van der Waals surface area contributed by atoms with Gasteiger partial charge < -0.3 is 14.8 Å². The number of thioether (sulfide) groups is 1. The van der Waals surface area contributed by atoms with Crippen molar-refractivity contribution in [3.8, 4) is 5.75 Å². The normalized spacial score (nSPS) is 14.6. The van der Waals surface area contributed by atoms with Crippen molar-refractivity contribution in [1.29, 1.82) is 0 Å². The Morgan fingerprint density at radius 2 is 1.64 bits per heavy atom. The molecule has 0 bridgehead atoms. The zero-order valence-electron chi connectivity index (χ0n) is 22.3. The van der Waals surface area contributed by atoms with Crippen LogP contribution in [0.15, 0.2) is 101 Å². The Hall–Kier alpha value is -4.04. The number of hydrogen-bond acceptors (Lipinski definition) is 7. The molecule has 1 unspecified atom stereocenters. The van der Waals surface area contributed by atoms with Gasteiger partial charge in [0, 0.05) is 17.9 Å². The van der Waals surface area contributed by atoms with E-state index in [-0.39, 0.29) is 12.1 Å². The number of rotatable bonds is 10. The molecular weight excluding hydrogens is 508 g/mol. The lowest BCUT2D eigenvalue weighted by Gasteiger charge is -2.28. The predicted octanol–water partition coefficient (Wildman–Crippen LogP) is 6.43. The zero-order chi connectivity index (χ0) is 27.2. The van der Waals surface area contributed by atoms with E-state index in [1.54, 1.807) is 16.4 Å². The van der Waals surface area contributed by atoms with E-state index < -0.39 is 6.04 Å². The van der Waals surface area contributed by atoms with Gasteiger partial charge in [0.2, 0.25) is 11.1 Å². The van der Waals surface area contributed by atoms with Crippen molar-refractivity contribution >= 4 is 23.7 Å². The van der Waals surface area contributed by atoms with E-state index in [1.165, 1.54) is 11.1 Å². The first kappa shape index (κ1) is 26.6. The second kappa shape index (κ2) is 12.2. The number of aromatic nitrogens is 3. The number of esters is 1. The van der Waals surface area contributed by atoms with Crippen LogP contribution in [0.2, 0.25) is 0 Å². The fraction of sp³-hybridized carbons (Fsp3) is 0.258. The van der Waals surface area contributed by atoms with Crippen LogP contribution in [0.5, 0.6) is 5.75 Å². The molecule has 0 aliphatic carbocycles. The predicted molar refractivity (Wildman–Crippen MR) is 154 cm³/mol. The number of benzene rings is 3. The molecule has 39 heavy (non-hydrogen) atoms. The number of carbonyl (C=O) groups excluding carboxylic acids is 1. The van der Waals surface area contributed by atoms with Gasteiger partial charge in [-0.1, -0.05) is 84.6 Å². The Morgan fingerprint density at radius 1 is 0.974 bits per heavy atom. The number of fused-ring (bicyclic) bond motifs is 1. The molecule has 0 radical (unpaired) electrons. The monoisotopic (exact) mass is 540 g/mol. The molecule has 0 fully saturated rings. The van der Waals surface area contributed by atoms with Crippen LogP contribution < -0.4 is 10.1 Å². The van der Waals surface area contributed by atoms with Crippen molar-refractivity contribution in [2.75, 3.05) is 11.9 Å². The number of carbonyl (C=O) groups is 1. The summed E-state index contributed by atoms with van der Waals surface area (Å²) in [6.07, 6.45) is 0.587. The topological polar surface area (TPSA) is 78.3 Å². The molecule has 0 spiro atoms. The number of ether oxygens (including phenoxy) is 2. The van der Waals surface area contributed by atoms with Gasteiger partial charge in [0.15, 0.2) is 0 Å². The molecule has 7 nitrogen and oxygen atoms in total. The molecule has 1 aromatic heterocycles. The van der Waals surface area contributed by atoms with Crippen LogP contribution in [0.1, 0.15) is 43.5 Å². The maximum atomic E-state index is 13.3. The SMILES string of the molecule is CC1=C(C(=O)OC(C)C)C(c2ccc(OCCc3ccccc3)cc2)n2nc(SCc3ccccc3)nc2N1. The van der Waals surface area contributed by atoms with Gasteiger partial charge >= 0.3 is 5.97 Å². The van der Waals surface area contributed by atoms with Crippen LogP contribution in [0, 0.1) is 0 Å². The van der Waals surface area contributed by atoms with Crippen LogP contribution in [-0.4, -0.2) is 33.4 Å². The summed E-state index contributed by atoms with van der Waals surface area (Å²) in [5, 5.41) is 8.71. The number of anilines is 1. The highest BCUT2D eigenvalue weighted by molar-refractivity contribution is 7.98. The second-order valence-electron chi connectivity index (χ2n) is 9.61. The molecule has 4 aromatic rings. The van der Waals surface area contributed by atoms with Crippen molar-refractivity contribution < 1.29 is 14.3 Å². The number of nitrogens with one attached hydrogen (secondary N) is 1. The molecule has 200 valence electrons. The van der Waals surface area contributed by atoms with Gasteiger partial charge in [-0.25, -0.2) is 9.48 Å². The van der Waals surface area contributed by atoms with E-state index in [1.807, 2.05) is 81.4 Å². The van der Waals surface area contributed by atoms with Gasteiger partial charge in [0.25, 0.3) is 0 Å². The molecule has 8 heteroatoms. The van der Waals surface area contributed by atoms with Crippen LogP contribution in [0.3, 0.4) is 0 Å². The van der Waals surface area contributed by atoms with Gasteiger partial charge in [0.1, 0.15) is 11.8 Å². The van der Waals surface area contributed by atoms with E-state index in [4.69, 9.17) is 19.6 Å². The second-order valence-corrected chi connectivity index (χ2v) is 10.6. The summed E-state index contributed by atoms with van der Waals surface area (Å²) < 4.78 is 13.4. The first-order valence-electron chi connectivity index (χ1n) is 13.1. The highest BCUT2D eigenvalue weighted by Crippen LogP contribution is 2.37. The van der Waals surface area contributed by atoms with Gasteiger partial charge in [-0.05, 0) is 49.6 Å². The average molecular weight is 541 g/mol. The molecule has 1 N–H and O–H groups in total. The van der Waals surface area contributed by atoms with Crippen molar-refractivity contribution in [2.45, 2.75) is 50.2 Å². The standard InChI is InChI=1S/C31H32N4O3S/c1-21(2)38-29(36)27-22(3)32-30-33-31(39-20-24-12-8-5-9-13-24)34-35(30)28(27)25-14-16-26(17-15-25)37-19-18-23-10-6-4-7-11-23/h4-17,21,28H,18-20H2,1-3H3,(H,32,33,34). The molecule has 5 rings (SSSR count). The van der Waals surface area contributed by atoms with E-state index in [9.17, 15) is 4.79 Å². The number of hydrogen-bond donors (Lipinski definition) is 1. The molecule has 0 amide bonds. The summed E-state index contributed by atoms with van der Waals surface area (Å²) in [5.74, 6) is 1.74. The van der Waals surface area contributed by atoms with Gasteiger partial charge in [-0.2, -0.15) is 4.98 Å². The molecular formula is C31H32N4O3S. The van der Waals surface area contributed by atoms with Crippen LogP contribution in [-0.2, 0) is 21.7 Å². The minimum atomic E-state index is -0.482. The number of allylic oxidation sites excluding steroid dienone is 1. The summed E-state index contributed by atoms with van der Waals surface area (Å²) in [4.78, 5) is 18.0. The molecule has 1 aliphatic rings. The third kappa shape index (κ3) is 6.52. The van der Waals surface area contributed by atoms with Crippen molar-refractivity contribution in [1.82, 2.24) is 14.8 Å². The molecule has 3 aromatic carbocycles. The van der Waals surface area contributed by atoms with E-state index in [0.29, 0.717) is 29.0 Å². The van der Waals surface area contributed by atoms with Gasteiger partial charge in [0.05, 0.1) is 18.3 Å². The molecule has 0 saturated carbocycles. The van der Waals surface area contributed by atoms with E-state index in [2.05, 4.69) is 29.6 Å². The first-order valence-corrected chi connectivity index (χ1v) is 14.0. The summed E-state index contributed by atoms with van der Waals surface area (Å²) in [6.45, 7) is 6.15. The first-order chi connectivity index (χ1) is 19.0. The molecule has 1 aliphatic heterocycles. The molecule has 1 atom stereocenters. The smallest absolute Gasteiger partial charge is 0.338 e. The summed E-state index contributed by atoms with van der Waals surface area (Å²) in [5.41, 5.74) is 4.54. The van der Waals surface area contributed by atoms with Crippen molar-refractivity contribution in [3.05, 3.63) is 113 Å². The van der Waals surface area contributed by atoms with E-state index >= 15 is 0 Å². The van der Waals surface area contributed by atoms with Gasteiger partial charge in [-0.15, -0.1) is 5.10 Å². The quantitative estimate of drug-likeness (QED) is 0.183. The lowest BCUT2D eigenvalue weighted by atomic mass is 9.95. The lowest BCUT2D eigenvalue weighted by Crippen LogP contribution is -2.30. The highest BCUT2D eigenvalue weighted by Gasteiger charge is 2.35. The maximum absolute atomic E-state index is 13.3. The third-order valence-electron chi connectivity index (χ3n) is 6.30. The van der Waals surface area contributed by atoms with Crippen LogP contribution in [0.4, 0.5) is 5.95 Å². The minimum Gasteiger partial charge on any atom is -0.493 e. The van der Waals surface area contributed by atoms with E-state index in [0.717, 1.165) is 23.5 Å². The average Bonchev–Trinajstić information content (AvgIpc) is 3.35. The van der Waals surface area contributed by atoms with Crippen LogP contribution >= 0.6 is 11.8 Å². The Bertz CT molecular complexity index is 1430. The fourth-order valence-corrected chi connectivity index (χ4v) is 5.23. The highest BCUT2D eigenvalue weighted by atomic mass is 32.2. The Morgan fingerprint density at radius 3 is 2.31 bits per heavy atom. The van der Waals surface area contributed by atoms with Crippen molar-refractivity contribution in [2.24, 2.45) is 0 Å². The number of nitrogens with zero attached hydrogens (tertiary/aromatic N) is 3. The third-order valence-corrected chi connectivity index (χ3v) is 7.21. The molecule has 0 saturated heterocycles. The van der Waals surface area contributed by atoms with Gasteiger partial charge in [-0.3, -0.25) is 0 Å². The van der Waals surface area contributed by atoms with Crippen LogP contribution in [0.25, 0.3) is 0 Å². The Labute approximate surface area is 233 Å². The summed E-state index contributed by atoms with van der Waals surface area (Å²) >= 11 is 1.56. The summed E-state index contributed by atoms with van der Waals surface area (Å²) in [6, 6.07) is 27.8. The lowest BCUT2D eigenvalue weighted by molar-refractivity contribution is -0.143.